The maximum absolute atomic E-state index is 12.5. The van der Waals surface area contributed by atoms with Crippen molar-refractivity contribution in [3.05, 3.63) is 88.4 Å². The lowest BCUT2D eigenvalue weighted by Gasteiger charge is -2.11. The molecule has 0 heterocycles. The van der Waals surface area contributed by atoms with Crippen LogP contribution in [0.1, 0.15) is 10.4 Å². The number of hydrogen-bond donors (Lipinski definition) is 2. The summed E-state index contributed by atoms with van der Waals surface area (Å²) in [4.78, 5) is 12.1. The van der Waals surface area contributed by atoms with Crippen molar-refractivity contribution >= 4 is 50.5 Å². The van der Waals surface area contributed by atoms with Crippen LogP contribution >= 0.6 is 23.2 Å². The molecule has 0 aliphatic carbocycles. The average molecular weight is 421 g/mol. The van der Waals surface area contributed by atoms with Crippen molar-refractivity contribution < 1.29 is 13.2 Å². The number of benzene rings is 3. The van der Waals surface area contributed by atoms with Crippen molar-refractivity contribution in [3.8, 4) is 0 Å². The van der Waals surface area contributed by atoms with Gasteiger partial charge in [0, 0.05) is 22.0 Å². The maximum atomic E-state index is 12.5. The van der Waals surface area contributed by atoms with Gasteiger partial charge in [-0.05, 0) is 54.6 Å². The van der Waals surface area contributed by atoms with Crippen LogP contribution in [0.5, 0.6) is 0 Å². The van der Waals surface area contributed by atoms with Crippen LogP contribution in [0.25, 0.3) is 0 Å². The van der Waals surface area contributed by atoms with Crippen molar-refractivity contribution in [1.82, 2.24) is 0 Å². The lowest BCUT2D eigenvalue weighted by Crippen LogP contribution is -2.14. The van der Waals surface area contributed by atoms with Gasteiger partial charge in [-0.1, -0.05) is 41.4 Å². The molecule has 0 fully saturated rings. The zero-order chi connectivity index (χ0) is 19.4. The van der Waals surface area contributed by atoms with E-state index in [0.717, 1.165) is 0 Å². The van der Waals surface area contributed by atoms with E-state index >= 15 is 0 Å². The highest BCUT2D eigenvalue weighted by atomic mass is 35.5. The maximum Gasteiger partial charge on any atom is 0.263 e. The van der Waals surface area contributed by atoms with E-state index in [0.29, 0.717) is 16.9 Å². The highest BCUT2D eigenvalue weighted by Gasteiger charge is 2.19. The summed E-state index contributed by atoms with van der Waals surface area (Å²) >= 11 is 11.8. The van der Waals surface area contributed by atoms with Crippen molar-refractivity contribution in [2.75, 3.05) is 10.0 Å². The van der Waals surface area contributed by atoms with Crippen LogP contribution < -0.4 is 10.0 Å². The van der Waals surface area contributed by atoms with E-state index in [1.165, 1.54) is 42.5 Å². The minimum absolute atomic E-state index is 0.0609. The van der Waals surface area contributed by atoms with Gasteiger partial charge in [0.2, 0.25) is 0 Å². The van der Waals surface area contributed by atoms with Gasteiger partial charge >= 0.3 is 0 Å². The fourth-order valence-electron chi connectivity index (χ4n) is 2.31. The third-order valence-corrected chi connectivity index (χ3v) is 5.71. The first-order valence-electron chi connectivity index (χ1n) is 7.79. The summed E-state index contributed by atoms with van der Waals surface area (Å²) in [5, 5.41) is 3.07. The first kappa shape index (κ1) is 19.2. The van der Waals surface area contributed by atoms with Crippen LogP contribution in [-0.4, -0.2) is 14.3 Å². The zero-order valence-electron chi connectivity index (χ0n) is 13.8. The molecule has 5 nitrogen and oxygen atoms in total. The Morgan fingerprint density at radius 2 is 1.48 bits per heavy atom. The molecule has 0 bridgehead atoms. The first-order chi connectivity index (χ1) is 12.8. The Hall–Kier alpha value is -2.54. The average Bonchev–Trinajstić information content (AvgIpc) is 2.64. The van der Waals surface area contributed by atoms with Crippen LogP contribution in [0.4, 0.5) is 11.4 Å². The molecule has 0 spiro atoms. The molecule has 2 N–H and O–H groups in total. The molecule has 0 aliphatic heterocycles. The molecule has 0 radical (unpaired) electrons. The zero-order valence-corrected chi connectivity index (χ0v) is 16.1. The Kier molecular flexibility index (Phi) is 5.70. The van der Waals surface area contributed by atoms with Gasteiger partial charge < -0.3 is 5.32 Å². The molecule has 0 saturated carbocycles. The topological polar surface area (TPSA) is 75.3 Å². The molecule has 0 atom stereocenters. The summed E-state index contributed by atoms with van der Waals surface area (Å²) in [6, 6.07) is 19.2. The second-order valence-electron chi connectivity index (χ2n) is 5.58. The number of sulfonamides is 1. The molecule has 3 aromatic carbocycles. The van der Waals surface area contributed by atoms with E-state index in [9.17, 15) is 13.2 Å². The number of amides is 1. The summed E-state index contributed by atoms with van der Waals surface area (Å²) in [5.41, 5.74) is 1.35. The minimum Gasteiger partial charge on any atom is -0.322 e. The van der Waals surface area contributed by atoms with Gasteiger partial charge in [-0.15, -0.1) is 0 Å². The van der Waals surface area contributed by atoms with Crippen LogP contribution in [-0.2, 0) is 10.0 Å². The smallest absolute Gasteiger partial charge is 0.263 e. The van der Waals surface area contributed by atoms with E-state index in [1.807, 2.05) is 18.2 Å². The molecule has 0 aliphatic rings. The number of para-hydroxylation sites is 1. The summed E-state index contributed by atoms with van der Waals surface area (Å²) in [6.07, 6.45) is 0. The number of hydrogen-bond acceptors (Lipinski definition) is 3. The normalized spacial score (nSPS) is 11.0. The molecular formula is C19H14Cl2N2O3S. The van der Waals surface area contributed by atoms with Crippen LogP contribution in [0.3, 0.4) is 0 Å². The Morgan fingerprint density at radius 3 is 2.15 bits per heavy atom. The Balaban J connectivity index is 1.75. The quantitative estimate of drug-likeness (QED) is 0.606. The van der Waals surface area contributed by atoms with Gasteiger partial charge in [-0.3, -0.25) is 9.52 Å². The SMILES string of the molecule is O=C(Nc1ccccc1)c1ccc(NS(=O)(=O)c2cc(Cl)ccc2Cl)cc1. The molecule has 0 aromatic heterocycles. The number of rotatable bonds is 5. The Labute approximate surface area is 167 Å². The minimum atomic E-state index is -3.92. The van der Waals surface area contributed by atoms with Gasteiger partial charge in [0.25, 0.3) is 15.9 Å². The van der Waals surface area contributed by atoms with Gasteiger partial charge in [0.1, 0.15) is 4.90 Å². The number of carbonyl (C=O) groups is 1. The fraction of sp³-hybridized carbons (Fsp3) is 0. The van der Waals surface area contributed by atoms with Crippen LogP contribution in [0, 0.1) is 0 Å². The molecular weight excluding hydrogens is 407 g/mol. The van der Waals surface area contributed by atoms with E-state index in [2.05, 4.69) is 10.0 Å². The summed E-state index contributed by atoms with van der Waals surface area (Å²) in [5.74, 6) is -0.298. The molecule has 3 rings (SSSR count). The van der Waals surface area contributed by atoms with Gasteiger partial charge in [-0.2, -0.15) is 0 Å². The predicted octanol–water partition coefficient (Wildman–Crippen LogP) is 5.05. The van der Waals surface area contributed by atoms with Gasteiger partial charge in [0.15, 0.2) is 0 Å². The molecule has 138 valence electrons. The van der Waals surface area contributed by atoms with Gasteiger partial charge in [-0.25, -0.2) is 8.42 Å². The number of carbonyl (C=O) groups excluding carboxylic acids is 1. The molecule has 27 heavy (non-hydrogen) atoms. The van der Waals surface area contributed by atoms with Crippen LogP contribution in [0.2, 0.25) is 10.0 Å². The third kappa shape index (κ3) is 4.80. The van der Waals surface area contributed by atoms with Crippen molar-refractivity contribution in [3.63, 3.8) is 0 Å². The second-order valence-corrected chi connectivity index (χ2v) is 8.07. The second kappa shape index (κ2) is 8.00. The van der Waals surface area contributed by atoms with Crippen molar-refractivity contribution in [2.45, 2.75) is 4.90 Å². The van der Waals surface area contributed by atoms with E-state index in [4.69, 9.17) is 23.2 Å². The third-order valence-electron chi connectivity index (χ3n) is 3.61. The number of anilines is 2. The predicted molar refractivity (Wildman–Crippen MR) is 108 cm³/mol. The number of nitrogens with one attached hydrogen (secondary N) is 2. The summed E-state index contributed by atoms with van der Waals surface area (Å²) < 4.78 is 27.4. The fourth-order valence-corrected chi connectivity index (χ4v) is 4.13. The van der Waals surface area contributed by atoms with E-state index < -0.39 is 10.0 Å². The highest BCUT2D eigenvalue weighted by Crippen LogP contribution is 2.27. The molecule has 8 heteroatoms. The number of halogens is 2. The molecule has 3 aromatic rings. The standard InChI is InChI=1S/C19H14Cl2N2O3S/c20-14-8-11-17(21)18(12-14)27(25,26)23-16-9-6-13(7-10-16)19(24)22-15-4-2-1-3-5-15/h1-12,23H,(H,22,24). The molecule has 1 amide bonds. The van der Waals surface area contributed by atoms with Crippen molar-refractivity contribution in [2.24, 2.45) is 0 Å². The van der Waals surface area contributed by atoms with Crippen LogP contribution in [0.15, 0.2) is 77.7 Å². The van der Waals surface area contributed by atoms with E-state index in [-0.39, 0.29) is 20.8 Å². The Bertz CT molecular complexity index is 1070. The monoisotopic (exact) mass is 420 g/mol. The summed E-state index contributed by atoms with van der Waals surface area (Å²) in [7, 11) is -3.92. The van der Waals surface area contributed by atoms with Crippen molar-refractivity contribution in [1.29, 1.82) is 0 Å². The lowest BCUT2D eigenvalue weighted by atomic mass is 10.2. The lowest BCUT2D eigenvalue weighted by molar-refractivity contribution is 0.102. The molecule has 0 saturated heterocycles. The highest BCUT2D eigenvalue weighted by molar-refractivity contribution is 7.92. The Morgan fingerprint density at radius 1 is 0.815 bits per heavy atom. The first-order valence-corrected chi connectivity index (χ1v) is 10.0. The molecule has 0 unspecified atom stereocenters. The largest absolute Gasteiger partial charge is 0.322 e. The van der Waals surface area contributed by atoms with E-state index in [1.54, 1.807) is 12.1 Å². The van der Waals surface area contributed by atoms with Gasteiger partial charge in [0.05, 0.1) is 5.02 Å². The summed E-state index contributed by atoms with van der Waals surface area (Å²) in [6.45, 7) is 0.